The molecule has 0 saturated carbocycles. The molecular weight excluding hydrogens is 334 g/mol. The van der Waals surface area contributed by atoms with E-state index < -0.39 is 17.9 Å². The van der Waals surface area contributed by atoms with Gasteiger partial charge >= 0.3 is 11.8 Å². The lowest BCUT2D eigenvalue weighted by atomic mass is 9.87. The van der Waals surface area contributed by atoms with Gasteiger partial charge in [0.25, 0.3) is 0 Å². The molecule has 1 saturated heterocycles. The summed E-state index contributed by atoms with van der Waals surface area (Å²) in [7, 11) is 0. The van der Waals surface area contributed by atoms with Crippen molar-refractivity contribution in [2.45, 2.75) is 46.1 Å². The molecule has 1 aliphatic heterocycles. The second-order valence-corrected chi connectivity index (χ2v) is 7.58. The first-order valence-corrected chi connectivity index (χ1v) is 8.86. The smallest absolute Gasteiger partial charge is 0.313 e. The van der Waals surface area contributed by atoms with Gasteiger partial charge in [0, 0.05) is 30.9 Å². The largest absolute Gasteiger partial charge is 0.393 e. The minimum Gasteiger partial charge on any atom is -0.393 e. The highest BCUT2D eigenvalue weighted by atomic mass is 16.3. The summed E-state index contributed by atoms with van der Waals surface area (Å²) in [5, 5.41) is 15.0. The molecule has 0 aromatic heterocycles. The van der Waals surface area contributed by atoms with Gasteiger partial charge in [-0.3, -0.25) is 14.4 Å². The van der Waals surface area contributed by atoms with Crippen molar-refractivity contribution in [3.8, 4) is 0 Å². The van der Waals surface area contributed by atoms with Gasteiger partial charge in [-0.2, -0.15) is 0 Å². The normalized spacial score (nSPS) is 15.7. The third-order valence-electron chi connectivity index (χ3n) is 4.40. The Kier molecular flexibility index (Phi) is 6.37. The Morgan fingerprint density at radius 1 is 1.27 bits per heavy atom. The van der Waals surface area contributed by atoms with E-state index in [4.69, 9.17) is 0 Å². The van der Waals surface area contributed by atoms with Gasteiger partial charge in [-0.1, -0.05) is 26.8 Å². The van der Waals surface area contributed by atoms with Crippen molar-refractivity contribution in [2.75, 3.05) is 23.3 Å². The van der Waals surface area contributed by atoms with Crippen LogP contribution in [0.2, 0.25) is 0 Å². The molecule has 7 nitrogen and oxygen atoms in total. The van der Waals surface area contributed by atoms with E-state index in [2.05, 4.69) is 10.6 Å². The van der Waals surface area contributed by atoms with Crippen LogP contribution in [0.25, 0.3) is 0 Å². The lowest BCUT2D eigenvalue weighted by Crippen LogP contribution is -2.38. The maximum atomic E-state index is 12.0. The van der Waals surface area contributed by atoms with Crippen molar-refractivity contribution in [3.05, 3.63) is 24.3 Å². The van der Waals surface area contributed by atoms with E-state index >= 15 is 0 Å². The fourth-order valence-electron chi connectivity index (χ4n) is 2.70. The summed E-state index contributed by atoms with van der Waals surface area (Å²) in [4.78, 5) is 37.4. The molecule has 3 N–H and O–H groups in total. The number of benzene rings is 1. The maximum Gasteiger partial charge on any atom is 0.313 e. The number of carbonyl (C=O) groups is 3. The van der Waals surface area contributed by atoms with Crippen molar-refractivity contribution >= 4 is 29.1 Å². The predicted molar refractivity (Wildman–Crippen MR) is 99.7 cm³/mol. The van der Waals surface area contributed by atoms with Gasteiger partial charge in [0.2, 0.25) is 5.91 Å². The fraction of sp³-hybridized carbons (Fsp3) is 0.526. The van der Waals surface area contributed by atoms with Crippen LogP contribution >= 0.6 is 0 Å². The Bertz CT molecular complexity index is 682. The van der Waals surface area contributed by atoms with Gasteiger partial charge in [-0.25, -0.2) is 0 Å². The van der Waals surface area contributed by atoms with Crippen LogP contribution in [0.3, 0.4) is 0 Å². The van der Waals surface area contributed by atoms with Crippen molar-refractivity contribution in [1.82, 2.24) is 5.32 Å². The molecule has 0 bridgehead atoms. The highest BCUT2D eigenvalue weighted by molar-refractivity contribution is 6.39. The van der Waals surface area contributed by atoms with Gasteiger partial charge in [-0.05, 0) is 36.5 Å². The zero-order chi connectivity index (χ0) is 19.3. The van der Waals surface area contributed by atoms with Gasteiger partial charge in [-0.15, -0.1) is 0 Å². The van der Waals surface area contributed by atoms with Crippen LogP contribution < -0.4 is 15.5 Å². The summed E-state index contributed by atoms with van der Waals surface area (Å²) in [6, 6.07) is 6.87. The summed E-state index contributed by atoms with van der Waals surface area (Å²) < 4.78 is 0. The summed E-state index contributed by atoms with van der Waals surface area (Å²) in [5.74, 6) is -1.47. The molecule has 1 atom stereocenters. The van der Waals surface area contributed by atoms with Crippen LogP contribution in [-0.4, -0.2) is 42.0 Å². The van der Waals surface area contributed by atoms with Crippen LogP contribution in [0.5, 0.6) is 0 Å². The number of nitrogens with zero attached hydrogens (tertiary/aromatic N) is 1. The first-order chi connectivity index (χ1) is 12.2. The Balaban J connectivity index is 1.87. The molecule has 2 rings (SSSR count). The number of aliphatic hydroxyl groups excluding tert-OH is 1. The Morgan fingerprint density at radius 3 is 2.62 bits per heavy atom. The van der Waals surface area contributed by atoms with E-state index in [9.17, 15) is 19.5 Å². The number of hydrogen-bond donors (Lipinski definition) is 3. The van der Waals surface area contributed by atoms with Crippen LogP contribution in [-0.2, 0) is 14.4 Å². The van der Waals surface area contributed by atoms with Gasteiger partial charge in [0.15, 0.2) is 0 Å². The number of rotatable bonds is 5. The minimum absolute atomic E-state index is 0.0589. The number of nitrogens with one attached hydrogen (secondary N) is 2. The molecule has 1 aromatic carbocycles. The maximum absolute atomic E-state index is 12.0. The van der Waals surface area contributed by atoms with Crippen LogP contribution in [0.15, 0.2) is 24.3 Å². The molecule has 7 heteroatoms. The molecule has 1 aliphatic rings. The van der Waals surface area contributed by atoms with Crippen molar-refractivity contribution in [1.29, 1.82) is 0 Å². The SMILES string of the molecule is CC(C)(C)C(O)CCNC(=O)C(=O)Nc1cccc(N2CCCC2=O)c1. The van der Waals surface area contributed by atoms with Gasteiger partial charge in [0.05, 0.1) is 6.10 Å². The number of amides is 3. The summed E-state index contributed by atoms with van der Waals surface area (Å²) in [6.07, 6.45) is 1.15. The minimum atomic E-state index is -0.778. The highest BCUT2D eigenvalue weighted by Gasteiger charge is 2.23. The highest BCUT2D eigenvalue weighted by Crippen LogP contribution is 2.24. The van der Waals surface area contributed by atoms with Crippen LogP contribution in [0.1, 0.15) is 40.0 Å². The molecule has 0 spiro atoms. The van der Waals surface area contributed by atoms with Crippen LogP contribution in [0.4, 0.5) is 11.4 Å². The van der Waals surface area contributed by atoms with E-state index in [0.717, 1.165) is 6.42 Å². The number of aliphatic hydroxyl groups is 1. The van der Waals surface area contributed by atoms with E-state index in [0.29, 0.717) is 30.8 Å². The monoisotopic (exact) mass is 361 g/mol. The zero-order valence-electron chi connectivity index (χ0n) is 15.5. The summed E-state index contributed by atoms with van der Waals surface area (Å²) in [5.41, 5.74) is 0.886. The number of hydrogen-bond acceptors (Lipinski definition) is 4. The molecule has 3 amide bonds. The van der Waals surface area contributed by atoms with Crippen LogP contribution in [0, 0.1) is 5.41 Å². The predicted octanol–water partition coefficient (Wildman–Crippen LogP) is 1.67. The second kappa shape index (κ2) is 8.31. The van der Waals surface area contributed by atoms with Gasteiger partial charge < -0.3 is 20.6 Å². The van der Waals surface area contributed by atoms with Crippen molar-refractivity contribution in [2.24, 2.45) is 5.41 Å². The van der Waals surface area contributed by atoms with Gasteiger partial charge in [0.1, 0.15) is 0 Å². The second-order valence-electron chi connectivity index (χ2n) is 7.58. The standard InChI is InChI=1S/C19H27N3O4/c1-19(2,3)15(23)9-10-20-17(25)18(26)21-13-6-4-7-14(12-13)22-11-5-8-16(22)24/h4,6-7,12,15,23H,5,8-11H2,1-3H3,(H,20,25)(H,21,26). The Morgan fingerprint density at radius 2 is 2.00 bits per heavy atom. The molecular formula is C19H27N3O4. The quantitative estimate of drug-likeness (QED) is 0.695. The molecule has 0 radical (unpaired) electrons. The first kappa shape index (κ1) is 19.9. The summed E-state index contributed by atoms with van der Waals surface area (Å²) >= 11 is 0. The molecule has 26 heavy (non-hydrogen) atoms. The Labute approximate surface area is 153 Å². The lowest BCUT2D eigenvalue weighted by molar-refractivity contribution is -0.136. The number of carbonyl (C=O) groups excluding carboxylic acids is 3. The third kappa shape index (κ3) is 5.29. The summed E-state index contributed by atoms with van der Waals surface area (Å²) in [6.45, 7) is 6.60. The Hall–Kier alpha value is -2.41. The van der Waals surface area contributed by atoms with E-state index in [-0.39, 0.29) is 17.9 Å². The zero-order valence-corrected chi connectivity index (χ0v) is 15.5. The topological polar surface area (TPSA) is 98.7 Å². The molecule has 0 aliphatic carbocycles. The van der Waals surface area contributed by atoms with E-state index in [1.54, 1.807) is 29.2 Å². The average Bonchev–Trinajstić information content (AvgIpc) is 3.00. The van der Waals surface area contributed by atoms with E-state index in [1.807, 2.05) is 20.8 Å². The molecule has 1 unspecified atom stereocenters. The molecule has 142 valence electrons. The lowest BCUT2D eigenvalue weighted by Gasteiger charge is -2.25. The molecule has 1 aromatic rings. The first-order valence-electron chi connectivity index (χ1n) is 8.86. The van der Waals surface area contributed by atoms with Crippen molar-refractivity contribution < 1.29 is 19.5 Å². The number of anilines is 2. The molecule has 1 heterocycles. The fourth-order valence-corrected chi connectivity index (χ4v) is 2.70. The van der Waals surface area contributed by atoms with E-state index in [1.165, 1.54) is 0 Å². The molecule has 1 fully saturated rings. The van der Waals surface area contributed by atoms with Crippen molar-refractivity contribution in [3.63, 3.8) is 0 Å². The third-order valence-corrected chi connectivity index (χ3v) is 4.40. The average molecular weight is 361 g/mol.